The molecule has 3 heteroatoms. The predicted octanol–water partition coefficient (Wildman–Crippen LogP) is 4.52. The number of nitrogens with zero attached hydrogens (tertiary/aromatic N) is 1. The summed E-state index contributed by atoms with van der Waals surface area (Å²) in [6, 6.07) is 17.9. The van der Waals surface area contributed by atoms with E-state index < -0.39 is 0 Å². The van der Waals surface area contributed by atoms with Crippen molar-refractivity contribution in [3.63, 3.8) is 0 Å². The molecule has 3 nitrogen and oxygen atoms in total. The van der Waals surface area contributed by atoms with Gasteiger partial charge in [0.2, 0.25) is 0 Å². The van der Waals surface area contributed by atoms with E-state index in [1.807, 2.05) is 48.5 Å². The van der Waals surface area contributed by atoms with Crippen LogP contribution >= 0.6 is 0 Å². The maximum atomic E-state index is 8.84. The highest BCUT2D eigenvalue weighted by atomic mass is 16.5. The van der Waals surface area contributed by atoms with Crippen molar-refractivity contribution >= 4 is 5.69 Å². The minimum atomic E-state index is 0.143. The van der Waals surface area contributed by atoms with Gasteiger partial charge in [-0.2, -0.15) is 5.26 Å². The van der Waals surface area contributed by atoms with Crippen LogP contribution in [0.1, 0.15) is 37.4 Å². The maximum absolute atomic E-state index is 8.84. The zero-order valence-corrected chi connectivity index (χ0v) is 12.5. The van der Waals surface area contributed by atoms with Crippen molar-refractivity contribution < 1.29 is 4.74 Å². The van der Waals surface area contributed by atoms with Crippen molar-refractivity contribution in [1.82, 2.24) is 0 Å². The monoisotopic (exact) mass is 280 g/mol. The van der Waals surface area contributed by atoms with E-state index in [0.717, 1.165) is 23.4 Å². The summed E-state index contributed by atoms with van der Waals surface area (Å²) in [4.78, 5) is 0. The molecule has 0 fully saturated rings. The number of para-hydroxylation sites is 2. The van der Waals surface area contributed by atoms with Crippen LogP contribution in [0.5, 0.6) is 5.75 Å². The first-order valence-electron chi connectivity index (χ1n) is 7.23. The molecule has 2 aromatic carbocycles. The zero-order valence-electron chi connectivity index (χ0n) is 12.5. The molecule has 0 amide bonds. The lowest BCUT2D eigenvalue weighted by molar-refractivity contribution is 0.318. The molecule has 0 spiro atoms. The van der Waals surface area contributed by atoms with E-state index >= 15 is 0 Å². The Labute approximate surface area is 126 Å². The van der Waals surface area contributed by atoms with Crippen molar-refractivity contribution in [2.24, 2.45) is 0 Å². The maximum Gasteiger partial charge on any atom is 0.142 e. The van der Waals surface area contributed by atoms with Gasteiger partial charge in [-0.1, -0.05) is 31.2 Å². The molecule has 0 aliphatic heterocycles. The van der Waals surface area contributed by atoms with Gasteiger partial charge in [0.25, 0.3) is 0 Å². The average molecular weight is 280 g/mol. The second-order valence-corrected chi connectivity index (χ2v) is 4.94. The van der Waals surface area contributed by atoms with E-state index in [4.69, 9.17) is 10.00 Å². The Morgan fingerprint density at radius 2 is 1.86 bits per heavy atom. The number of nitriles is 1. The third-order valence-electron chi connectivity index (χ3n) is 3.26. The summed E-state index contributed by atoms with van der Waals surface area (Å²) in [5, 5.41) is 12.3. The third-order valence-corrected chi connectivity index (χ3v) is 3.26. The highest BCUT2D eigenvalue weighted by Crippen LogP contribution is 2.28. The van der Waals surface area contributed by atoms with Crippen LogP contribution in [0.4, 0.5) is 5.69 Å². The van der Waals surface area contributed by atoms with Crippen LogP contribution in [-0.2, 0) is 0 Å². The van der Waals surface area contributed by atoms with Gasteiger partial charge in [0.1, 0.15) is 5.75 Å². The Hall–Kier alpha value is -2.47. The summed E-state index contributed by atoms with van der Waals surface area (Å²) >= 11 is 0. The third kappa shape index (κ3) is 4.00. The number of hydrogen-bond donors (Lipinski definition) is 1. The number of rotatable bonds is 6. The molecule has 2 aromatic rings. The van der Waals surface area contributed by atoms with Crippen molar-refractivity contribution in [2.75, 3.05) is 11.9 Å². The van der Waals surface area contributed by atoms with Crippen molar-refractivity contribution in [2.45, 2.75) is 26.3 Å². The van der Waals surface area contributed by atoms with Gasteiger partial charge in [-0.25, -0.2) is 0 Å². The zero-order chi connectivity index (χ0) is 15.1. The minimum Gasteiger partial charge on any atom is -0.491 e. The lowest BCUT2D eigenvalue weighted by Crippen LogP contribution is -2.08. The second-order valence-electron chi connectivity index (χ2n) is 4.94. The van der Waals surface area contributed by atoms with Crippen LogP contribution in [0.3, 0.4) is 0 Å². The summed E-state index contributed by atoms with van der Waals surface area (Å²) in [6.45, 7) is 4.90. The number of anilines is 1. The number of hydrogen-bond acceptors (Lipinski definition) is 3. The molecule has 0 heterocycles. The first-order valence-corrected chi connectivity index (χ1v) is 7.23. The fraction of sp³-hybridized carbons (Fsp3) is 0.278. The first kappa shape index (κ1) is 14.9. The van der Waals surface area contributed by atoms with Crippen LogP contribution in [0.25, 0.3) is 0 Å². The van der Waals surface area contributed by atoms with E-state index in [1.54, 1.807) is 0 Å². The van der Waals surface area contributed by atoms with Gasteiger partial charge in [0.15, 0.2) is 0 Å². The summed E-state index contributed by atoms with van der Waals surface area (Å²) < 4.78 is 5.75. The van der Waals surface area contributed by atoms with Crippen molar-refractivity contribution in [3.05, 3.63) is 59.7 Å². The van der Waals surface area contributed by atoms with Gasteiger partial charge in [-0.05, 0) is 43.2 Å². The molecule has 0 saturated heterocycles. The number of benzene rings is 2. The van der Waals surface area contributed by atoms with Gasteiger partial charge in [0, 0.05) is 6.04 Å². The Morgan fingerprint density at radius 3 is 2.52 bits per heavy atom. The first-order chi connectivity index (χ1) is 10.2. The van der Waals surface area contributed by atoms with E-state index in [2.05, 4.69) is 25.2 Å². The summed E-state index contributed by atoms with van der Waals surface area (Å²) in [6.07, 6.45) is 0.986. The highest BCUT2D eigenvalue weighted by Gasteiger charge is 2.09. The molecule has 1 unspecified atom stereocenters. The van der Waals surface area contributed by atoms with Gasteiger partial charge in [-0.15, -0.1) is 0 Å². The molecule has 0 bridgehead atoms. The minimum absolute atomic E-state index is 0.143. The fourth-order valence-corrected chi connectivity index (χ4v) is 2.09. The van der Waals surface area contributed by atoms with Gasteiger partial charge < -0.3 is 10.1 Å². The van der Waals surface area contributed by atoms with E-state index in [0.29, 0.717) is 12.2 Å². The SMILES string of the molecule is CCCOc1ccccc1NC(C)c1ccc(C#N)cc1. The molecule has 1 atom stereocenters. The molecule has 1 N–H and O–H groups in total. The molecular weight excluding hydrogens is 260 g/mol. The van der Waals surface area contributed by atoms with E-state index in [1.165, 1.54) is 0 Å². The molecule has 0 saturated carbocycles. The summed E-state index contributed by atoms with van der Waals surface area (Å²) in [5.41, 5.74) is 2.81. The van der Waals surface area contributed by atoms with Gasteiger partial charge in [0.05, 0.1) is 23.9 Å². The van der Waals surface area contributed by atoms with Crippen LogP contribution in [-0.4, -0.2) is 6.61 Å². The lowest BCUT2D eigenvalue weighted by Gasteiger charge is -2.18. The molecule has 2 rings (SSSR count). The van der Waals surface area contributed by atoms with Crippen LogP contribution in [0.2, 0.25) is 0 Å². The van der Waals surface area contributed by atoms with E-state index in [9.17, 15) is 0 Å². The molecule has 21 heavy (non-hydrogen) atoms. The standard InChI is InChI=1S/C18H20N2O/c1-3-12-21-18-7-5-4-6-17(18)20-14(2)16-10-8-15(13-19)9-11-16/h4-11,14,20H,3,12H2,1-2H3. The molecular formula is C18H20N2O. The van der Waals surface area contributed by atoms with Crippen LogP contribution in [0.15, 0.2) is 48.5 Å². The van der Waals surface area contributed by atoms with Crippen LogP contribution < -0.4 is 10.1 Å². The Morgan fingerprint density at radius 1 is 1.14 bits per heavy atom. The molecule has 108 valence electrons. The number of ether oxygens (including phenoxy) is 1. The van der Waals surface area contributed by atoms with Crippen molar-refractivity contribution in [3.8, 4) is 11.8 Å². The van der Waals surface area contributed by atoms with Crippen LogP contribution in [0, 0.1) is 11.3 Å². The quantitative estimate of drug-likeness (QED) is 0.846. The fourth-order valence-electron chi connectivity index (χ4n) is 2.09. The van der Waals surface area contributed by atoms with Gasteiger partial charge >= 0.3 is 0 Å². The van der Waals surface area contributed by atoms with Crippen molar-refractivity contribution in [1.29, 1.82) is 5.26 Å². The normalized spacial score (nSPS) is 11.5. The smallest absolute Gasteiger partial charge is 0.142 e. The summed E-state index contributed by atoms with van der Waals surface area (Å²) in [7, 11) is 0. The Bertz CT molecular complexity index is 614. The molecule has 0 aliphatic rings. The average Bonchev–Trinajstić information content (AvgIpc) is 2.54. The summed E-state index contributed by atoms with van der Waals surface area (Å²) in [5.74, 6) is 0.875. The van der Waals surface area contributed by atoms with E-state index in [-0.39, 0.29) is 6.04 Å². The lowest BCUT2D eigenvalue weighted by atomic mass is 10.1. The topological polar surface area (TPSA) is 45.0 Å². The van der Waals surface area contributed by atoms with Gasteiger partial charge in [-0.3, -0.25) is 0 Å². The molecule has 0 aliphatic carbocycles. The number of nitrogens with one attached hydrogen (secondary N) is 1. The Balaban J connectivity index is 2.11. The largest absolute Gasteiger partial charge is 0.491 e. The molecule has 0 aromatic heterocycles. The molecule has 0 radical (unpaired) electrons. The highest BCUT2D eigenvalue weighted by molar-refractivity contribution is 5.57. The second kappa shape index (κ2) is 7.35. The Kier molecular flexibility index (Phi) is 5.22. The predicted molar refractivity (Wildman–Crippen MR) is 85.4 cm³/mol.